The number of carbonyl (C=O) groups is 4. The Morgan fingerprint density at radius 3 is 2.42 bits per heavy atom. The van der Waals surface area contributed by atoms with Crippen LogP contribution < -0.4 is 11.1 Å². The minimum Gasteiger partial charge on any atom is -0.481 e. The number of hydrogen-bond donors (Lipinski definition) is 5. The summed E-state index contributed by atoms with van der Waals surface area (Å²) in [5.74, 6) is -4.16. The van der Waals surface area contributed by atoms with Gasteiger partial charge in [-0.25, -0.2) is 4.79 Å². The van der Waals surface area contributed by atoms with Gasteiger partial charge in [0.05, 0.1) is 0 Å². The fourth-order valence-corrected chi connectivity index (χ4v) is 3.81. The van der Waals surface area contributed by atoms with E-state index >= 15 is 0 Å². The maximum absolute atomic E-state index is 13.2. The average Bonchev–Trinajstić information content (AvgIpc) is 3.21. The predicted octanol–water partition coefficient (Wildman–Crippen LogP) is 0.648. The molecule has 0 saturated carbocycles. The summed E-state index contributed by atoms with van der Waals surface area (Å²) in [5.41, 5.74) is 5.35. The van der Waals surface area contributed by atoms with Crippen molar-refractivity contribution < 1.29 is 34.5 Å². The zero-order chi connectivity index (χ0) is 23.0. The molecule has 1 aromatic carbocycles. The van der Waals surface area contributed by atoms with Crippen LogP contribution in [0.5, 0.6) is 0 Å². The van der Waals surface area contributed by atoms with E-state index in [1.807, 2.05) is 30.3 Å². The number of amides is 1. The Morgan fingerprint density at radius 1 is 1.16 bits per heavy atom. The van der Waals surface area contributed by atoms with Gasteiger partial charge in [0, 0.05) is 13.0 Å². The Bertz CT molecular complexity index is 801. The molecule has 2 rings (SSSR count). The lowest BCUT2D eigenvalue weighted by molar-refractivity contribution is -0.152. The molecular weight excluding hydrogens is 406 g/mol. The minimum atomic E-state index is -1.90. The van der Waals surface area contributed by atoms with Crippen LogP contribution in [0.4, 0.5) is 0 Å². The number of carbonyl (C=O) groups excluding carboxylic acids is 1. The number of nitrogens with zero attached hydrogens (tertiary/aromatic N) is 1. The highest BCUT2D eigenvalue weighted by atomic mass is 16.4. The standard InChI is InChI=1S/C21H29N3O7/c22-21(12-4-9-17(25)26,20(31)24-13-5-8-16(24)19(29)30)23-15(18(27)28)11-10-14-6-2-1-3-7-14/h1-3,6-7,15-16,23H,4-5,8-13,22H2,(H,25,26)(H,27,28)(H,29,30)/t15?,16-,21+/m0/s1. The van der Waals surface area contributed by atoms with Crippen molar-refractivity contribution in [1.29, 1.82) is 0 Å². The number of benzene rings is 1. The first-order chi connectivity index (χ1) is 14.6. The van der Waals surface area contributed by atoms with E-state index in [2.05, 4.69) is 5.32 Å². The van der Waals surface area contributed by atoms with Gasteiger partial charge in [0.2, 0.25) is 0 Å². The maximum Gasteiger partial charge on any atom is 0.326 e. The van der Waals surface area contributed by atoms with E-state index in [4.69, 9.17) is 10.8 Å². The highest BCUT2D eigenvalue weighted by Gasteiger charge is 2.45. The van der Waals surface area contributed by atoms with Crippen LogP contribution in [-0.4, -0.2) is 68.3 Å². The quantitative estimate of drug-likeness (QED) is 0.296. The Hall–Kier alpha value is -2.98. The second-order valence-electron chi connectivity index (χ2n) is 7.77. The first-order valence-electron chi connectivity index (χ1n) is 10.2. The molecule has 1 unspecified atom stereocenters. The Labute approximate surface area is 180 Å². The molecule has 31 heavy (non-hydrogen) atoms. The molecule has 1 aliphatic rings. The van der Waals surface area contributed by atoms with Crippen LogP contribution in [0.2, 0.25) is 0 Å². The van der Waals surface area contributed by atoms with Gasteiger partial charge in [-0.3, -0.25) is 19.7 Å². The monoisotopic (exact) mass is 435 g/mol. The molecule has 6 N–H and O–H groups in total. The lowest BCUT2D eigenvalue weighted by Crippen LogP contribution is -2.68. The highest BCUT2D eigenvalue weighted by Crippen LogP contribution is 2.23. The molecule has 1 heterocycles. The summed E-state index contributed by atoms with van der Waals surface area (Å²) < 4.78 is 0. The molecule has 10 heteroatoms. The smallest absolute Gasteiger partial charge is 0.326 e. The first kappa shape index (κ1) is 24.3. The molecule has 0 aromatic heterocycles. The van der Waals surface area contributed by atoms with Crippen molar-refractivity contribution in [3.05, 3.63) is 35.9 Å². The number of carboxylic acids is 3. The third-order valence-electron chi connectivity index (χ3n) is 5.44. The van der Waals surface area contributed by atoms with Crippen LogP contribution in [0.25, 0.3) is 0 Å². The van der Waals surface area contributed by atoms with Crippen molar-refractivity contribution in [3.8, 4) is 0 Å². The number of nitrogens with one attached hydrogen (secondary N) is 1. The molecule has 0 aliphatic carbocycles. The van der Waals surface area contributed by atoms with E-state index in [9.17, 15) is 29.4 Å². The Morgan fingerprint density at radius 2 is 1.84 bits per heavy atom. The van der Waals surface area contributed by atoms with Gasteiger partial charge >= 0.3 is 17.9 Å². The van der Waals surface area contributed by atoms with Gasteiger partial charge < -0.3 is 26.0 Å². The normalized spacial score (nSPS) is 18.9. The van der Waals surface area contributed by atoms with Crippen molar-refractivity contribution in [1.82, 2.24) is 10.2 Å². The number of likely N-dealkylation sites (tertiary alicyclic amines) is 1. The number of aryl methyl sites for hydroxylation is 1. The van der Waals surface area contributed by atoms with Gasteiger partial charge in [-0.2, -0.15) is 0 Å². The summed E-state index contributed by atoms with van der Waals surface area (Å²) in [6.07, 6.45) is 0.973. The summed E-state index contributed by atoms with van der Waals surface area (Å²) in [4.78, 5) is 48.7. The molecule has 1 aliphatic heterocycles. The van der Waals surface area contributed by atoms with E-state index in [-0.39, 0.29) is 38.6 Å². The van der Waals surface area contributed by atoms with Gasteiger partial charge in [-0.1, -0.05) is 30.3 Å². The Kier molecular flexibility index (Phi) is 8.52. The largest absolute Gasteiger partial charge is 0.481 e. The fourth-order valence-electron chi connectivity index (χ4n) is 3.81. The van der Waals surface area contributed by atoms with Crippen LogP contribution in [0.15, 0.2) is 30.3 Å². The van der Waals surface area contributed by atoms with E-state index in [0.29, 0.717) is 12.8 Å². The molecule has 0 spiro atoms. The first-order valence-corrected chi connectivity index (χ1v) is 10.2. The van der Waals surface area contributed by atoms with Crippen molar-refractivity contribution >= 4 is 23.8 Å². The predicted molar refractivity (Wildman–Crippen MR) is 110 cm³/mol. The third-order valence-corrected chi connectivity index (χ3v) is 5.44. The number of aliphatic carboxylic acids is 3. The second-order valence-corrected chi connectivity index (χ2v) is 7.77. The van der Waals surface area contributed by atoms with Crippen molar-refractivity contribution in [2.24, 2.45) is 5.73 Å². The van der Waals surface area contributed by atoms with Gasteiger partial charge in [-0.15, -0.1) is 0 Å². The molecular formula is C21H29N3O7. The average molecular weight is 435 g/mol. The van der Waals surface area contributed by atoms with Crippen molar-refractivity contribution in [2.45, 2.75) is 62.7 Å². The minimum absolute atomic E-state index is 0.0289. The topological polar surface area (TPSA) is 170 Å². The summed E-state index contributed by atoms with van der Waals surface area (Å²) in [7, 11) is 0. The molecule has 1 fully saturated rings. The van der Waals surface area contributed by atoms with Gasteiger partial charge in [0.25, 0.3) is 5.91 Å². The molecule has 1 aromatic rings. The molecule has 0 bridgehead atoms. The molecule has 1 amide bonds. The van der Waals surface area contributed by atoms with E-state index in [0.717, 1.165) is 10.5 Å². The van der Waals surface area contributed by atoms with Crippen LogP contribution in [0.3, 0.4) is 0 Å². The molecule has 10 nitrogen and oxygen atoms in total. The number of carboxylic acid groups (broad SMARTS) is 3. The maximum atomic E-state index is 13.2. The Balaban J connectivity index is 2.20. The van der Waals surface area contributed by atoms with Crippen LogP contribution >= 0.6 is 0 Å². The van der Waals surface area contributed by atoms with E-state index < -0.39 is 41.6 Å². The number of nitrogens with two attached hydrogens (primary N) is 1. The van der Waals surface area contributed by atoms with E-state index in [1.54, 1.807) is 0 Å². The molecule has 1 saturated heterocycles. The van der Waals surface area contributed by atoms with Crippen LogP contribution in [-0.2, 0) is 25.6 Å². The van der Waals surface area contributed by atoms with Crippen molar-refractivity contribution in [3.63, 3.8) is 0 Å². The van der Waals surface area contributed by atoms with E-state index in [1.165, 1.54) is 0 Å². The van der Waals surface area contributed by atoms with Gasteiger partial charge in [-0.05, 0) is 44.1 Å². The highest BCUT2D eigenvalue weighted by molar-refractivity contribution is 5.91. The number of rotatable bonds is 12. The SMILES string of the molecule is N[C@](CCCC(=O)O)(NC(CCc1ccccc1)C(=O)O)C(=O)N1CCC[C@H]1C(=O)O. The lowest BCUT2D eigenvalue weighted by atomic mass is 9.97. The molecule has 3 atom stereocenters. The van der Waals surface area contributed by atoms with Crippen LogP contribution in [0, 0.1) is 0 Å². The number of hydrogen-bond acceptors (Lipinski definition) is 6. The molecule has 0 radical (unpaired) electrons. The lowest BCUT2D eigenvalue weighted by Gasteiger charge is -2.37. The van der Waals surface area contributed by atoms with Gasteiger partial charge in [0.1, 0.15) is 17.7 Å². The third kappa shape index (κ3) is 6.76. The molecule has 170 valence electrons. The zero-order valence-corrected chi connectivity index (χ0v) is 17.2. The van der Waals surface area contributed by atoms with Gasteiger partial charge in [0.15, 0.2) is 0 Å². The zero-order valence-electron chi connectivity index (χ0n) is 17.2. The summed E-state index contributed by atoms with van der Waals surface area (Å²) in [6, 6.07) is 7.01. The summed E-state index contributed by atoms with van der Waals surface area (Å²) in [5, 5.41) is 30.7. The fraction of sp³-hybridized carbons (Fsp3) is 0.524. The van der Waals surface area contributed by atoms with Crippen molar-refractivity contribution in [2.75, 3.05) is 6.54 Å². The van der Waals surface area contributed by atoms with Crippen LogP contribution in [0.1, 0.15) is 44.1 Å². The second kappa shape index (κ2) is 10.9. The summed E-state index contributed by atoms with van der Waals surface area (Å²) >= 11 is 0. The summed E-state index contributed by atoms with van der Waals surface area (Å²) in [6.45, 7) is 0.192.